The Kier molecular flexibility index (Phi) is 6.05. The molecule has 0 aromatic carbocycles. The highest BCUT2D eigenvalue weighted by Gasteiger charge is 2.46. The number of imidazole rings is 1. The molecule has 4 atom stereocenters. The molecular formula is C20H33N5O3. The Morgan fingerprint density at radius 3 is 2.57 bits per heavy atom. The number of hydrogen-bond acceptors (Lipinski definition) is 7. The van der Waals surface area contributed by atoms with E-state index in [0.29, 0.717) is 23.9 Å². The van der Waals surface area contributed by atoms with E-state index in [4.69, 9.17) is 15.6 Å². The molecule has 4 unspecified atom stereocenters. The molecule has 8 heteroatoms. The van der Waals surface area contributed by atoms with Crippen molar-refractivity contribution in [2.45, 2.75) is 83.5 Å². The van der Waals surface area contributed by atoms with E-state index in [0.717, 1.165) is 37.1 Å². The maximum Gasteiger partial charge on any atom is 0.164 e. The van der Waals surface area contributed by atoms with Crippen molar-refractivity contribution in [3.8, 4) is 0 Å². The largest absolute Gasteiger partial charge is 0.387 e. The lowest BCUT2D eigenvalue weighted by Crippen LogP contribution is -2.55. The maximum atomic E-state index is 10.5. The molecule has 2 aliphatic rings. The highest BCUT2D eigenvalue weighted by molar-refractivity contribution is 5.95. The van der Waals surface area contributed by atoms with Gasteiger partial charge in [-0.3, -0.25) is 0 Å². The Morgan fingerprint density at radius 1 is 1.32 bits per heavy atom. The van der Waals surface area contributed by atoms with Crippen molar-refractivity contribution in [2.75, 3.05) is 6.54 Å². The van der Waals surface area contributed by atoms with Crippen LogP contribution in [-0.2, 0) is 4.74 Å². The van der Waals surface area contributed by atoms with Crippen LogP contribution in [0, 0.1) is 23.7 Å². The van der Waals surface area contributed by atoms with Crippen molar-refractivity contribution < 1.29 is 14.9 Å². The Hall–Kier alpha value is -1.61. The summed E-state index contributed by atoms with van der Waals surface area (Å²) >= 11 is 0. The van der Waals surface area contributed by atoms with Gasteiger partial charge >= 0.3 is 0 Å². The number of aliphatic hydroxyl groups excluding tert-OH is 2. The molecule has 2 fully saturated rings. The van der Waals surface area contributed by atoms with Gasteiger partial charge in [0, 0.05) is 23.5 Å². The fourth-order valence-electron chi connectivity index (χ4n) is 4.51. The predicted molar refractivity (Wildman–Crippen MR) is 107 cm³/mol. The zero-order chi connectivity index (χ0) is 20.6. The quantitative estimate of drug-likeness (QED) is 0.432. The molecule has 0 radical (unpaired) electrons. The minimum absolute atomic E-state index is 0.0160. The Morgan fingerprint density at radius 2 is 2.00 bits per heavy atom. The van der Waals surface area contributed by atoms with Gasteiger partial charge in [0.2, 0.25) is 0 Å². The van der Waals surface area contributed by atoms with Gasteiger partial charge in [0.1, 0.15) is 24.0 Å². The molecule has 3 rings (SSSR count). The van der Waals surface area contributed by atoms with Gasteiger partial charge in [-0.05, 0) is 59.3 Å². The van der Waals surface area contributed by atoms with Crippen molar-refractivity contribution in [3.05, 3.63) is 17.7 Å². The summed E-state index contributed by atoms with van der Waals surface area (Å²) in [6.45, 7) is 8.00. The van der Waals surface area contributed by atoms with E-state index in [1.54, 1.807) is 17.8 Å². The van der Waals surface area contributed by atoms with Crippen molar-refractivity contribution in [3.63, 3.8) is 0 Å². The average molecular weight is 392 g/mol. The number of rotatable bonds is 8. The first-order valence-corrected chi connectivity index (χ1v) is 10.0. The molecule has 1 aliphatic heterocycles. The van der Waals surface area contributed by atoms with Gasteiger partial charge in [-0.15, -0.1) is 0 Å². The summed E-state index contributed by atoms with van der Waals surface area (Å²) in [6, 6.07) is 0. The Balaban J connectivity index is 1.55. The van der Waals surface area contributed by atoms with Crippen LogP contribution in [0.25, 0.3) is 0 Å². The monoisotopic (exact) mass is 391 g/mol. The number of ether oxygens (including phenoxy) is 1. The second kappa shape index (κ2) is 8.02. The molecule has 1 aromatic rings. The van der Waals surface area contributed by atoms with Crippen molar-refractivity contribution >= 4 is 11.4 Å². The molecular weight excluding hydrogens is 358 g/mol. The van der Waals surface area contributed by atoms with E-state index >= 15 is 0 Å². The molecule has 0 spiro atoms. The molecule has 1 aliphatic carbocycles. The third kappa shape index (κ3) is 4.20. The summed E-state index contributed by atoms with van der Waals surface area (Å²) in [5.41, 5.74) is 2.42. The van der Waals surface area contributed by atoms with Gasteiger partial charge in [-0.25, -0.2) is 4.98 Å². The Bertz CT molecular complexity index is 740. The summed E-state index contributed by atoms with van der Waals surface area (Å²) in [4.78, 5) is 4.23. The molecule has 2 heterocycles. The zero-order valence-electron chi connectivity index (χ0n) is 17.2. The standard InChI is InChI=1S/C20H33N5O3/c1-11(21)5-6-14-7-20(4,8-14)24-9-15-17(26)18(27)19(28-15)25-10-23-16(12(2)22)13(25)3/h10,14-15,17-19,21-22,24,26-27H,5-9H2,1-4H3. The van der Waals surface area contributed by atoms with E-state index < -0.39 is 24.5 Å². The van der Waals surface area contributed by atoms with Crippen LogP contribution in [0.3, 0.4) is 0 Å². The number of aliphatic hydroxyl groups is 2. The van der Waals surface area contributed by atoms with Crippen LogP contribution in [0.2, 0.25) is 0 Å². The molecule has 0 amide bonds. The third-order valence-electron chi connectivity index (χ3n) is 6.14. The van der Waals surface area contributed by atoms with Crippen molar-refractivity contribution in [1.82, 2.24) is 14.9 Å². The van der Waals surface area contributed by atoms with E-state index in [9.17, 15) is 10.2 Å². The third-order valence-corrected chi connectivity index (χ3v) is 6.14. The molecule has 1 saturated heterocycles. The number of nitrogens with one attached hydrogen (secondary N) is 3. The molecule has 5 N–H and O–H groups in total. The minimum atomic E-state index is -1.05. The number of nitrogens with zero attached hydrogens (tertiary/aromatic N) is 2. The van der Waals surface area contributed by atoms with Crippen LogP contribution in [0.1, 0.15) is 64.1 Å². The van der Waals surface area contributed by atoms with Gasteiger partial charge < -0.3 is 35.7 Å². The lowest BCUT2D eigenvalue weighted by atomic mass is 9.67. The predicted octanol–water partition coefficient (Wildman–Crippen LogP) is 1.78. The summed E-state index contributed by atoms with van der Waals surface area (Å²) in [5.74, 6) is 0.641. The van der Waals surface area contributed by atoms with E-state index in [-0.39, 0.29) is 5.54 Å². The lowest BCUT2D eigenvalue weighted by Gasteiger charge is -2.47. The second-order valence-electron chi connectivity index (χ2n) is 8.79. The maximum absolute atomic E-state index is 10.5. The number of hydrogen-bond donors (Lipinski definition) is 5. The number of aromatic nitrogens is 2. The summed E-state index contributed by atoms with van der Waals surface area (Å²) in [5, 5.41) is 39.8. The smallest absolute Gasteiger partial charge is 0.164 e. The molecule has 8 nitrogen and oxygen atoms in total. The van der Waals surface area contributed by atoms with Crippen LogP contribution >= 0.6 is 0 Å². The highest BCUT2D eigenvalue weighted by atomic mass is 16.6. The van der Waals surface area contributed by atoms with Gasteiger partial charge in [0.15, 0.2) is 6.23 Å². The first-order valence-electron chi connectivity index (χ1n) is 10.0. The molecule has 156 valence electrons. The minimum Gasteiger partial charge on any atom is -0.387 e. The van der Waals surface area contributed by atoms with Crippen LogP contribution in [0.4, 0.5) is 0 Å². The Labute approximate surface area is 166 Å². The van der Waals surface area contributed by atoms with Crippen LogP contribution in [-0.4, -0.2) is 61.6 Å². The van der Waals surface area contributed by atoms with E-state index in [1.165, 1.54) is 0 Å². The van der Waals surface area contributed by atoms with Crippen molar-refractivity contribution in [1.29, 1.82) is 10.8 Å². The zero-order valence-corrected chi connectivity index (χ0v) is 17.2. The first kappa shape index (κ1) is 21.1. The highest BCUT2D eigenvalue weighted by Crippen LogP contribution is 2.40. The molecule has 1 aromatic heterocycles. The SMILES string of the molecule is CC(=N)CCC1CC(C)(NCC2OC(n3cnc(C(C)=N)c3C)C(O)C2O)C1. The summed E-state index contributed by atoms with van der Waals surface area (Å²) < 4.78 is 7.67. The fraction of sp³-hybridized carbons (Fsp3) is 0.750. The van der Waals surface area contributed by atoms with Gasteiger partial charge in [-0.2, -0.15) is 0 Å². The van der Waals surface area contributed by atoms with Gasteiger partial charge in [0.25, 0.3) is 0 Å². The average Bonchev–Trinajstić information content (AvgIpc) is 3.10. The topological polar surface area (TPSA) is 127 Å². The summed E-state index contributed by atoms with van der Waals surface area (Å²) in [6.07, 6.45) is 2.34. The van der Waals surface area contributed by atoms with Crippen LogP contribution in [0.15, 0.2) is 6.33 Å². The molecule has 1 saturated carbocycles. The van der Waals surface area contributed by atoms with Gasteiger partial charge in [0.05, 0.1) is 12.0 Å². The van der Waals surface area contributed by atoms with Crippen LogP contribution < -0.4 is 5.32 Å². The molecule has 28 heavy (non-hydrogen) atoms. The van der Waals surface area contributed by atoms with Crippen LogP contribution in [0.5, 0.6) is 0 Å². The van der Waals surface area contributed by atoms with Crippen molar-refractivity contribution in [2.24, 2.45) is 5.92 Å². The molecule has 0 bridgehead atoms. The normalized spacial score (nSPS) is 35.0. The first-order chi connectivity index (χ1) is 13.1. The fourth-order valence-corrected chi connectivity index (χ4v) is 4.51. The summed E-state index contributed by atoms with van der Waals surface area (Å²) in [7, 11) is 0. The lowest BCUT2D eigenvalue weighted by molar-refractivity contribution is -0.0413. The van der Waals surface area contributed by atoms with E-state index in [2.05, 4.69) is 17.2 Å². The second-order valence-corrected chi connectivity index (χ2v) is 8.79. The van der Waals surface area contributed by atoms with Gasteiger partial charge in [-0.1, -0.05) is 0 Å². The van der Waals surface area contributed by atoms with E-state index in [1.807, 2.05) is 13.8 Å².